The molecule has 3 saturated carbocycles. The third kappa shape index (κ3) is 0.834. The smallest absolute Gasteiger partial charge is 0.140 e. The van der Waals surface area contributed by atoms with Crippen LogP contribution < -0.4 is 0 Å². The standard InChI is InChI=1S/C14H20O2/c1-12(2)8-14-9(12)6-7-13(14,3)10(15)4-5-11(14)16/h9H,4-8H2,1-3H3/t9-,13-,14+/m1/s1. The second-order valence-electron chi connectivity index (χ2n) is 6.91. The molecular weight excluding hydrogens is 200 g/mol. The van der Waals surface area contributed by atoms with Crippen LogP contribution in [-0.2, 0) is 9.59 Å². The van der Waals surface area contributed by atoms with Gasteiger partial charge in [0.1, 0.15) is 11.6 Å². The van der Waals surface area contributed by atoms with Gasteiger partial charge in [0.25, 0.3) is 0 Å². The summed E-state index contributed by atoms with van der Waals surface area (Å²) in [6, 6.07) is 0. The maximum Gasteiger partial charge on any atom is 0.140 e. The quantitative estimate of drug-likeness (QED) is 0.629. The molecule has 2 nitrogen and oxygen atoms in total. The topological polar surface area (TPSA) is 34.1 Å². The summed E-state index contributed by atoms with van der Waals surface area (Å²) in [7, 11) is 0. The molecule has 0 heterocycles. The summed E-state index contributed by atoms with van der Waals surface area (Å²) in [4.78, 5) is 24.5. The molecule has 0 aliphatic heterocycles. The van der Waals surface area contributed by atoms with Crippen molar-refractivity contribution in [3.05, 3.63) is 0 Å². The molecular formula is C14H20O2. The Hall–Kier alpha value is -0.660. The predicted octanol–water partition coefficient (Wildman–Crippen LogP) is 2.75. The Bertz CT molecular complexity index is 396. The first-order valence-corrected chi connectivity index (χ1v) is 6.41. The van der Waals surface area contributed by atoms with Crippen molar-refractivity contribution in [1.29, 1.82) is 0 Å². The van der Waals surface area contributed by atoms with Gasteiger partial charge in [-0.3, -0.25) is 9.59 Å². The summed E-state index contributed by atoms with van der Waals surface area (Å²) in [6.45, 7) is 6.56. The molecule has 0 radical (unpaired) electrons. The number of hydrogen-bond donors (Lipinski definition) is 0. The maximum atomic E-state index is 12.3. The van der Waals surface area contributed by atoms with E-state index in [0.29, 0.717) is 30.3 Å². The molecule has 3 fully saturated rings. The van der Waals surface area contributed by atoms with Gasteiger partial charge in [0.2, 0.25) is 0 Å². The van der Waals surface area contributed by atoms with Gasteiger partial charge >= 0.3 is 0 Å². The van der Waals surface area contributed by atoms with Gasteiger partial charge in [-0.25, -0.2) is 0 Å². The van der Waals surface area contributed by atoms with Crippen LogP contribution in [-0.4, -0.2) is 11.6 Å². The fraction of sp³-hybridized carbons (Fsp3) is 0.857. The third-order valence-electron chi connectivity index (χ3n) is 5.88. The van der Waals surface area contributed by atoms with Crippen molar-refractivity contribution >= 4 is 11.6 Å². The zero-order valence-corrected chi connectivity index (χ0v) is 10.4. The van der Waals surface area contributed by atoms with Crippen LogP contribution >= 0.6 is 0 Å². The van der Waals surface area contributed by atoms with Gasteiger partial charge in [0.15, 0.2) is 0 Å². The largest absolute Gasteiger partial charge is 0.299 e. The molecule has 0 aromatic carbocycles. The highest BCUT2D eigenvalue weighted by molar-refractivity contribution is 6.02. The van der Waals surface area contributed by atoms with Crippen molar-refractivity contribution in [1.82, 2.24) is 0 Å². The van der Waals surface area contributed by atoms with Crippen molar-refractivity contribution in [2.24, 2.45) is 22.2 Å². The highest BCUT2D eigenvalue weighted by Gasteiger charge is 2.75. The number of rotatable bonds is 0. The molecule has 16 heavy (non-hydrogen) atoms. The zero-order chi connectivity index (χ0) is 11.8. The first-order chi connectivity index (χ1) is 7.34. The molecule has 3 aliphatic carbocycles. The number of hydrogen-bond acceptors (Lipinski definition) is 2. The fourth-order valence-corrected chi connectivity index (χ4v) is 5.09. The van der Waals surface area contributed by atoms with Crippen molar-refractivity contribution in [3.63, 3.8) is 0 Å². The average molecular weight is 220 g/mol. The van der Waals surface area contributed by atoms with E-state index in [2.05, 4.69) is 20.8 Å². The lowest BCUT2D eigenvalue weighted by molar-refractivity contribution is -0.183. The van der Waals surface area contributed by atoms with Crippen LogP contribution in [0.5, 0.6) is 0 Å². The molecule has 3 atom stereocenters. The lowest BCUT2D eigenvalue weighted by atomic mass is 9.39. The van der Waals surface area contributed by atoms with Crippen molar-refractivity contribution in [3.8, 4) is 0 Å². The van der Waals surface area contributed by atoms with Crippen LogP contribution in [0.2, 0.25) is 0 Å². The Morgan fingerprint density at radius 3 is 2.31 bits per heavy atom. The van der Waals surface area contributed by atoms with E-state index in [1.54, 1.807) is 0 Å². The van der Waals surface area contributed by atoms with Crippen LogP contribution in [0.15, 0.2) is 0 Å². The number of Topliss-reactive ketones (excluding diaryl/α,β-unsaturated/α-hetero) is 2. The zero-order valence-electron chi connectivity index (χ0n) is 10.4. The van der Waals surface area contributed by atoms with Crippen molar-refractivity contribution in [2.75, 3.05) is 0 Å². The van der Waals surface area contributed by atoms with Gasteiger partial charge in [-0.2, -0.15) is 0 Å². The molecule has 1 spiro atoms. The van der Waals surface area contributed by atoms with Gasteiger partial charge in [0.05, 0.1) is 0 Å². The molecule has 0 amide bonds. The van der Waals surface area contributed by atoms with Crippen LogP contribution in [0.3, 0.4) is 0 Å². The summed E-state index contributed by atoms with van der Waals surface area (Å²) >= 11 is 0. The maximum absolute atomic E-state index is 12.3. The number of ketones is 2. The molecule has 3 aliphatic rings. The van der Waals surface area contributed by atoms with Crippen LogP contribution in [0.1, 0.15) is 52.9 Å². The lowest BCUT2D eigenvalue weighted by Crippen LogP contribution is -2.64. The molecule has 0 bridgehead atoms. The number of carbonyl (C=O) groups excluding carboxylic acids is 2. The van der Waals surface area contributed by atoms with Crippen LogP contribution in [0, 0.1) is 22.2 Å². The van der Waals surface area contributed by atoms with Crippen LogP contribution in [0.25, 0.3) is 0 Å². The Kier molecular flexibility index (Phi) is 1.70. The monoisotopic (exact) mass is 220 g/mol. The van der Waals surface area contributed by atoms with Gasteiger partial charge < -0.3 is 0 Å². The van der Waals surface area contributed by atoms with E-state index in [4.69, 9.17) is 0 Å². The van der Waals surface area contributed by atoms with E-state index < -0.39 is 0 Å². The summed E-state index contributed by atoms with van der Waals surface area (Å²) in [5, 5.41) is 0. The normalized spacial score (nSPS) is 49.6. The number of carbonyl (C=O) groups is 2. The minimum Gasteiger partial charge on any atom is -0.299 e. The molecule has 0 aromatic rings. The lowest BCUT2D eigenvalue weighted by Gasteiger charge is -2.62. The van der Waals surface area contributed by atoms with E-state index in [-0.39, 0.29) is 16.2 Å². The summed E-state index contributed by atoms with van der Waals surface area (Å²) in [5.74, 6) is 1.20. The van der Waals surface area contributed by atoms with Gasteiger partial charge in [-0.1, -0.05) is 20.8 Å². The van der Waals surface area contributed by atoms with E-state index in [0.717, 1.165) is 19.3 Å². The van der Waals surface area contributed by atoms with Gasteiger partial charge in [-0.15, -0.1) is 0 Å². The molecule has 0 aromatic heterocycles. The molecule has 2 heteroatoms. The predicted molar refractivity (Wildman–Crippen MR) is 60.9 cm³/mol. The molecule has 88 valence electrons. The highest BCUT2D eigenvalue weighted by Crippen LogP contribution is 2.75. The SMILES string of the molecule is CC1(C)C[C@]23C(=O)CCC(=O)[C@@]2(C)CC[C@H]13. The van der Waals surface area contributed by atoms with Crippen molar-refractivity contribution < 1.29 is 9.59 Å². The third-order valence-corrected chi connectivity index (χ3v) is 5.88. The molecule has 0 unspecified atom stereocenters. The molecule has 0 saturated heterocycles. The van der Waals surface area contributed by atoms with E-state index in [9.17, 15) is 9.59 Å². The fourth-order valence-electron chi connectivity index (χ4n) is 5.09. The van der Waals surface area contributed by atoms with Crippen LogP contribution in [0.4, 0.5) is 0 Å². The highest BCUT2D eigenvalue weighted by atomic mass is 16.1. The Morgan fingerprint density at radius 2 is 1.69 bits per heavy atom. The van der Waals surface area contributed by atoms with E-state index in [1.807, 2.05) is 0 Å². The average Bonchev–Trinajstić information content (AvgIpc) is 2.45. The summed E-state index contributed by atoms with van der Waals surface area (Å²) in [5.41, 5.74) is -0.306. The first-order valence-electron chi connectivity index (χ1n) is 6.41. The molecule has 0 N–H and O–H groups in total. The second-order valence-corrected chi connectivity index (χ2v) is 6.91. The molecule has 3 rings (SSSR count). The minimum atomic E-state index is -0.317. The van der Waals surface area contributed by atoms with E-state index >= 15 is 0 Å². The first kappa shape index (κ1) is 10.5. The second kappa shape index (κ2) is 2.60. The van der Waals surface area contributed by atoms with Gasteiger partial charge in [-0.05, 0) is 30.6 Å². The van der Waals surface area contributed by atoms with Crippen molar-refractivity contribution in [2.45, 2.75) is 52.9 Å². The van der Waals surface area contributed by atoms with Gasteiger partial charge in [0, 0.05) is 23.7 Å². The summed E-state index contributed by atoms with van der Waals surface area (Å²) in [6.07, 6.45) is 3.93. The van der Waals surface area contributed by atoms with E-state index in [1.165, 1.54) is 0 Å². The Morgan fingerprint density at radius 1 is 1.06 bits per heavy atom. The Balaban J connectivity index is 2.11. The Labute approximate surface area is 96.8 Å². The summed E-state index contributed by atoms with van der Waals surface area (Å²) < 4.78 is 0. The minimum absolute atomic E-state index is 0.258.